The van der Waals surface area contributed by atoms with Crippen LogP contribution in [0.15, 0.2) is 22.8 Å². The summed E-state index contributed by atoms with van der Waals surface area (Å²) >= 11 is 0. The normalized spacial score (nSPS) is 16.6. The number of furan rings is 1. The van der Waals surface area contributed by atoms with Gasteiger partial charge in [-0.2, -0.15) is 0 Å². The van der Waals surface area contributed by atoms with Crippen LogP contribution in [0.25, 0.3) is 0 Å². The van der Waals surface area contributed by atoms with E-state index in [-0.39, 0.29) is 24.5 Å². The highest BCUT2D eigenvalue weighted by Crippen LogP contribution is 2.16. The molecule has 1 aromatic rings. The molecule has 2 heterocycles. The number of amides is 2. The van der Waals surface area contributed by atoms with Crippen LogP contribution in [-0.4, -0.2) is 54.0 Å². The standard InChI is InChI=1S/C20H32N2O4/c1-3-5-10-19(23)21(11-4-2)16-20(24)22(14-17-8-6-12-25-17)15-18-9-7-13-26-18/h6,8,12,18H,3-5,7,9-11,13-16H2,1-2H3. The fourth-order valence-electron chi connectivity index (χ4n) is 3.19. The average Bonchev–Trinajstić information content (AvgIpc) is 3.32. The zero-order valence-electron chi connectivity index (χ0n) is 16.1. The molecular weight excluding hydrogens is 332 g/mol. The number of hydrogen-bond acceptors (Lipinski definition) is 4. The predicted molar refractivity (Wildman–Crippen MR) is 99.5 cm³/mol. The maximum atomic E-state index is 13.0. The number of hydrogen-bond donors (Lipinski definition) is 0. The second-order valence-corrected chi connectivity index (χ2v) is 6.91. The first-order valence-electron chi connectivity index (χ1n) is 9.83. The fraction of sp³-hybridized carbons (Fsp3) is 0.700. The van der Waals surface area contributed by atoms with E-state index >= 15 is 0 Å². The van der Waals surface area contributed by atoms with Crippen LogP contribution in [0.2, 0.25) is 0 Å². The Hall–Kier alpha value is -1.82. The molecule has 0 saturated carbocycles. The van der Waals surface area contributed by atoms with Gasteiger partial charge in [0, 0.05) is 26.1 Å². The Balaban J connectivity index is 2.00. The van der Waals surface area contributed by atoms with Crippen LogP contribution >= 0.6 is 0 Å². The van der Waals surface area contributed by atoms with Crippen LogP contribution in [0, 0.1) is 0 Å². The molecule has 6 nitrogen and oxygen atoms in total. The average molecular weight is 364 g/mol. The molecule has 1 saturated heterocycles. The molecule has 1 aliphatic rings. The Morgan fingerprint density at radius 1 is 1.19 bits per heavy atom. The molecule has 0 radical (unpaired) electrons. The third-order valence-corrected chi connectivity index (χ3v) is 4.64. The van der Waals surface area contributed by atoms with Crippen molar-refractivity contribution in [2.45, 2.75) is 65.0 Å². The summed E-state index contributed by atoms with van der Waals surface area (Å²) in [7, 11) is 0. The Bertz CT molecular complexity index is 538. The predicted octanol–water partition coefficient (Wildman–Crippen LogP) is 3.22. The van der Waals surface area contributed by atoms with Gasteiger partial charge in [-0.05, 0) is 37.8 Å². The Kier molecular flexibility index (Phi) is 8.68. The zero-order valence-corrected chi connectivity index (χ0v) is 16.1. The van der Waals surface area contributed by atoms with Crippen molar-refractivity contribution in [3.05, 3.63) is 24.2 Å². The molecule has 0 N–H and O–H groups in total. The van der Waals surface area contributed by atoms with Gasteiger partial charge in [0.15, 0.2) is 0 Å². The minimum atomic E-state index is -0.0461. The highest BCUT2D eigenvalue weighted by molar-refractivity contribution is 5.84. The molecule has 0 bridgehead atoms. The van der Waals surface area contributed by atoms with Gasteiger partial charge in [0.25, 0.3) is 0 Å². The smallest absolute Gasteiger partial charge is 0.242 e. The molecule has 0 spiro atoms. The van der Waals surface area contributed by atoms with Crippen LogP contribution in [0.4, 0.5) is 0 Å². The molecule has 2 rings (SSSR count). The van der Waals surface area contributed by atoms with E-state index in [4.69, 9.17) is 9.15 Å². The molecule has 0 aromatic carbocycles. The third kappa shape index (κ3) is 6.48. The van der Waals surface area contributed by atoms with Crippen molar-refractivity contribution in [2.24, 2.45) is 0 Å². The van der Waals surface area contributed by atoms with Crippen molar-refractivity contribution in [1.82, 2.24) is 9.80 Å². The molecular formula is C20H32N2O4. The maximum absolute atomic E-state index is 13.0. The third-order valence-electron chi connectivity index (χ3n) is 4.64. The highest BCUT2D eigenvalue weighted by Gasteiger charge is 2.25. The van der Waals surface area contributed by atoms with Gasteiger partial charge in [-0.1, -0.05) is 20.3 Å². The second-order valence-electron chi connectivity index (χ2n) is 6.91. The highest BCUT2D eigenvalue weighted by atomic mass is 16.5. The summed E-state index contributed by atoms with van der Waals surface area (Å²) in [6, 6.07) is 3.69. The molecule has 26 heavy (non-hydrogen) atoms. The number of rotatable bonds is 11. The lowest BCUT2D eigenvalue weighted by Crippen LogP contribution is -2.45. The summed E-state index contributed by atoms with van der Waals surface area (Å²) in [5, 5.41) is 0. The summed E-state index contributed by atoms with van der Waals surface area (Å²) in [4.78, 5) is 28.8. The largest absolute Gasteiger partial charge is 0.467 e. The van der Waals surface area contributed by atoms with Crippen molar-refractivity contribution in [1.29, 1.82) is 0 Å². The number of nitrogens with zero attached hydrogens (tertiary/aromatic N) is 2. The Morgan fingerprint density at radius 2 is 2.04 bits per heavy atom. The minimum absolute atomic E-state index is 0.0461. The fourth-order valence-corrected chi connectivity index (χ4v) is 3.19. The lowest BCUT2D eigenvalue weighted by Gasteiger charge is -2.28. The van der Waals surface area contributed by atoms with E-state index in [1.165, 1.54) is 0 Å². The van der Waals surface area contributed by atoms with Gasteiger partial charge < -0.3 is 19.0 Å². The van der Waals surface area contributed by atoms with Crippen LogP contribution in [0.1, 0.15) is 58.1 Å². The zero-order chi connectivity index (χ0) is 18.8. The van der Waals surface area contributed by atoms with Gasteiger partial charge in [0.2, 0.25) is 11.8 Å². The first kappa shape index (κ1) is 20.5. The molecule has 6 heteroatoms. The number of carbonyl (C=O) groups excluding carboxylic acids is 2. The van der Waals surface area contributed by atoms with Gasteiger partial charge in [-0.15, -0.1) is 0 Å². The van der Waals surface area contributed by atoms with Crippen molar-refractivity contribution in [2.75, 3.05) is 26.2 Å². The van der Waals surface area contributed by atoms with Gasteiger partial charge in [0.1, 0.15) is 5.76 Å². The van der Waals surface area contributed by atoms with Crippen molar-refractivity contribution < 1.29 is 18.7 Å². The summed E-state index contributed by atoms with van der Waals surface area (Å²) in [6.45, 7) is 6.54. The van der Waals surface area contributed by atoms with Gasteiger partial charge in [0.05, 0.1) is 25.5 Å². The van der Waals surface area contributed by atoms with Crippen molar-refractivity contribution in [3.8, 4) is 0 Å². The molecule has 1 aromatic heterocycles. The van der Waals surface area contributed by atoms with Crippen LogP contribution < -0.4 is 0 Å². The van der Waals surface area contributed by atoms with E-state index in [0.29, 0.717) is 26.1 Å². The number of ether oxygens (including phenoxy) is 1. The summed E-state index contributed by atoms with van der Waals surface area (Å²) in [5.41, 5.74) is 0. The Morgan fingerprint density at radius 3 is 2.65 bits per heavy atom. The van der Waals surface area contributed by atoms with Gasteiger partial charge >= 0.3 is 0 Å². The van der Waals surface area contributed by atoms with Gasteiger partial charge in [-0.3, -0.25) is 9.59 Å². The lowest BCUT2D eigenvalue weighted by molar-refractivity contribution is -0.142. The molecule has 1 unspecified atom stereocenters. The van der Waals surface area contributed by atoms with Crippen LogP contribution in [0.5, 0.6) is 0 Å². The quantitative estimate of drug-likeness (QED) is 0.605. The first-order valence-corrected chi connectivity index (χ1v) is 9.83. The Labute approximate surface area is 156 Å². The SMILES string of the molecule is CCCCC(=O)N(CCC)CC(=O)N(Cc1ccco1)CC1CCCO1. The monoisotopic (exact) mass is 364 g/mol. The maximum Gasteiger partial charge on any atom is 0.242 e. The van der Waals surface area contributed by atoms with Crippen LogP contribution in [0.3, 0.4) is 0 Å². The van der Waals surface area contributed by atoms with E-state index in [0.717, 1.165) is 44.5 Å². The van der Waals surface area contributed by atoms with E-state index in [9.17, 15) is 9.59 Å². The second kappa shape index (κ2) is 11.0. The first-order chi connectivity index (χ1) is 12.6. The van der Waals surface area contributed by atoms with E-state index < -0.39 is 0 Å². The topological polar surface area (TPSA) is 63.0 Å². The summed E-state index contributed by atoms with van der Waals surface area (Å²) in [5.74, 6) is 0.767. The summed E-state index contributed by atoms with van der Waals surface area (Å²) in [6.07, 6.45) is 6.87. The molecule has 1 atom stereocenters. The van der Waals surface area contributed by atoms with Gasteiger partial charge in [-0.25, -0.2) is 0 Å². The van der Waals surface area contributed by atoms with E-state index in [2.05, 4.69) is 6.92 Å². The van der Waals surface area contributed by atoms with Crippen LogP contribution in [-0.2, 0) is 20.9 Å². The molecule has 0 aliphatic carbocycles. The summed E-state index contributed by atoms with van der Waals surface area (Å²) < 4.78 is 11.1. The number of carbonyl (C=O) groups is 2. The van der Waals surface area contributed by atoms with E-state index in [1.54, 1.807) is 16.1 Å². The van der Waals surface area contributed by atoms with Crippen molar-refractivity contribution >= 4 is 11.8 Å². The molecule has 2 amide bonds. The molecule has 1 aliphatic heterocycles. The van der Waals surface area contributed by atoms with E-state index in [1.807, 2.05) is 19.1 Å². The minimum Gasteiger partial charge on any atom is -0.467 e. The number of unbranched alkanes of at least 4 members (excludes halogenated alkanes) is 1. The molecule has 146 valence electrons. The lowest BCUT2D eigenvalue weighted by atomic mass is 10.2. The molecule has 1 fully saturated rings. The van der Waals surface area contributed by atoms with Crippen molar-refractivity contribution in [3.63, 3.8) is 0 Å².